The summed E-state index contributed by atoms with van der Waals surface area (Å²) < 4.78 is 0. The Bertz CT molecular complexity index is 103. The van der Waals surface area contributed by atoms with Crippen molar-refractivity contribution < 1.29 is 0 Å². The zero-order valence-electron chi connectivity index (χ0n) is 9.26. The molecule has 0 nitrogen and oxygen atoms in total. The molecule has 0 aromatic heterocycles. The van der Waals surface area contributed by atoms with E-state index in [1.54, 1.807) is 38.5 Å². The summed E-state index contributed by atoms with van der Waals surface area (Å²) in [4.78, 5) is 0. The van der Waals surface area contributed by atoms with E-state index in [0.717, 1.165) is 0 Å². The highest BCUT2D eigenvalue weighted by Crippen LogP contribution is 2.53. The van der Waals surface area contributed by atoms with Crippen molar-refractivity contribution in [1.29, 1.82) is 0 Å². The van der Waals surface area contributed by atoms with Gasteiger partial charge in [0.25, 0.3) is 0 Å². The van der Waals surface area contributed by atoms with Gasteiger partial charge < -0.3 is 0 Å². The zero-order valence-corrected chi connectivity index (χ0v) is 9.26. The van der Waals surface area contributed by atoms with E-state index in [0.29, 0.717) is 0 Å². The maximum atomic E-state index is 2.12. The van der Waals surface area contributed by atoms with Gasteiger partial charge in [-0.2, -0.15) is 0 Å². The molecule has 0 heteroatoms. The summed E-state index contributed by atoms with van der Waals surface area (Å²) in [6, 6.07) is 0. The lowest BCUT2D eigenvalue weighted by Gasteiger charge is -2.49. The third-order valence-electron chi connectivity index (χ3n) is 4.00. The highest BCUT2D eigenvalue weighted by Gasteiger charge is 2.41. The van der Waals surface area contributed by atoms with Gasteiger partial charge >= 0.3 is 0 Å². The first kappa shape index (κ1) is 9.55. The molecule has 0 atom stereocenters. The van der Waals surface area contributed by atoms with Gasteiger partial charge in [-0.25, -0.2) is 0 Å². The van der Waals surface area contributed by atoms with Crippen LogP contribution in [0, 0.1) is 23.7 Å². The van der Waals surface area contributed by atoms with E-state index in [2.05, 4.69) is 13.8 Å². The smallest absolute Gasteiger partial charge is 0.0406 e. The van der Waals surface area contributed by atoms with Gasteiger partial charge in [-0.05, 0) is 62.2 Å². The Hall–Kier alpha value is 0. The predicted octanol–water partition coefficient (Wildman–Crippen LogP) is 4.25. The summed E-state index contributed by atoms with van der Waals surface area (Å²) in [5.74, 6) is 4.71. The van der Waals surface area contributed by atoms with Gasteiger partial charge in [-0.1, -0.05) is 20.3 Å². The Balaban J connectivity index is 0.000000196. The molecule has 0 aromatic rings. The fourth-order valence-corrected chi connectivity index (χ4v) is 3.98. The topological polar surface area (TPSA) is 0 Å². The normalized spacial score (nSPS) is 45.7. The minimum Gasteiger partial charge on any atom is -0.0656 e. The van der Waals surface area contributed by atoms with Crippen LogP contribution in [0.2, 0.25) is 0 Å². The first-order valence-corrected chi connectivity index (χ1v) is 6.31. The van der Waals surface area contributed by atoms with Crippen LogP contribution in [0.25, 0.3) is 0 Å². The molecular weight excluding hydrogens is 156 g/mol. The van der Waals surface area contributed by atoms with E-state index in [1.165, 1.54) is 30.1 Å². The first-order chi connectivity index (χ1) is 6.31. The molecule has 0 N–H and O–H groups in total. The number of hydrogen-bond donors (Lipinski definition) is 0. The summed E-state index contributed by atoms with van der Waals surface area (Å²) in [5.41, 5.74) is 0. The van der Waals surface area contributed by atoms with Crippen LogP contribution >= 0.6 is 0 Å². The summed E-state index contributed by atoms with van der Waals surface area (Å²) in [5, 5.41) is 0. The van der Waals surface area contributed by atoms with Crippen molar-refractivity contribution in [2.24, 2.45) is 23.7 Å². The van der Waals surface area contributed by atoms with Gasteiger partial charge in [0, 0.05) is 0 Å². The van der Waals surface area contributed by atoms with Gasteiger partial charge in [0.15, 0.2) is 0 Å². The lowest BCUT2D eigenvalue weighted by Crippen LogP contribution is -2.38. The van der Waals surface area contributed by atoms with Crippen LogP contribution in [0.4, 0.5) is 0 Å². The van der Waals surface area contributed by atoms with Crippen molar-refractivity contribution in [2.45, 2.75) is 58.8 Å². The average Bonchev–Trinajstić information content (AvgIpc) is 2.01. The summed E-state index contributed by atoms with van der Waals surface area (Å²) in [6.45, 7) is 4.25. The molecule has 0 aromatic carbocycles. The molecule has 4 rings (SSSR count). The Kier molecular flexibility index (Phi) is 2.96. The van der Waals surface area contributed by atoms with Crippen LogP contribution in [0.5, 0.6) is 0 Å². The minimum atomic E-state index is 1.18. The molecule has 0 amide bonds. The highest BCUT2D eigenvalue weighted by atomic mass is 14.5. The van der Waals surface area contributed by atoms with Gasteiger partial charge in [0.1, 0.15) is 0 Å². The fraction of sp³-hybridized carbons (Fsp3) is 1.00. The molecule has 0 unspecified atom stereocenters. The standard InChI is InChI=1S/C10H16.C3H8/c1-7-2-9-4-8(1)5-10(3-7)6-9;1-3-2/h7-10H,1-6H2;3H2,1-2H3. The molecule has 0 spiro atoms. The molecule has 0 aliphatic heterocycles. The first-order valence-electron chi connectivity index (χ1n) is 6.31. The summed E-state index contributed by atoms with van der Waals surface area (Å²) in [7, 11) is 0. The molecule has 0 saturated heterocycles. The van der Waals surface area contributed by atoms with Crippen molar-refractivity contribution in [3.05, 3.63) is 0 Å². The van der Waals surface area contributed by atoms with E-state index in [9.17, 15) is 0 Å². The second-order valence-electron chi connectivity index (χ2n) is 5.59. The van der Waals surface area contributed by atoms with Crippen LogP contribution in [-0.4, -0.2) is 0 Å². The zero-order chi connectivity index (χ0) is 9.26. The number of rotatable bonds is 0. The quantitative estimate of drug-likeness (QED) is 0.523. The Labute approximate surface area is 83.1 Å². The molecule has 76 valence electrons. The van der Waals surface area contributed by atoms with Crippen LogP contribution in [0.15, 0.2) is 0 Å². The van der Waals surface area contributed by atoms with Crippen molar-refractivity contribution in [2.75, 3.05) is 0 Å². The number of hydrogen-bond acceptors (Lipinski definition) is 0. The third kappa shape index (κ3) is 2.08. The lowest BCUT2D eigenvalue weighted by atomic mass is 9.56. The Morgan fingerprint density at radius 3 is 0.923 bits per heavy atom. The molecule has 4 aliphatic rings. The molecule has 13 heavy (non-hydrogen) atoms. The van der Waals surface area contributed by atoms with Crippen LogP contribution in [-0.2, 0) is 0 Å². The predicted molar refractivity (Wildman–Crippen MR) is 57.6 cm³/mol. The van der Waals surface area contributed by atoms with Crippen molar-refractivity contribution in [3.8, 4) is 0 Å². The highest BCUT2D eigenvalue weighted by molar-refractivity contribution is 4.92. The molecule has 4 saturated carbocycles. The third-order valence-corrected chi connectivity index (χ3v) is 4.00. The maximum Gasteiger partial charge on any atom is -0.0406 e. The fourth-order valence-electron chi connectivity index (χ4n) is 3.98. The van der Waals surface area contributed by atoms with E-state index >= 15 is 0 Å². The molecule has 4 bridgehead atoms. The second-order valence-corrected chi connectivity index (χ2v) is 5.59. The average molecular weight is 180 g/mol. The van der Waals surface area contributed by atoms with Crippen LogP contribution in [0.1, 0.15) is 58.8 Å². The van der Waals surface area contributed by atoms with Crippen molar-refractivity contribution in [3.63, 3.8) is 0 Å². The van der Waals surface area contributed by atoms with E-state index in [-0.39, 0.29) is 0 Å². The maximum absolute atomic E-state index is 2.12. The monoisotopic (exact) mass is 180 g/mol. The molecule has 4 aliphatic carbocycles. The largest absolute Gasteiger partial charge is 0.0656 e. The van der Waals surface area contributed by atoms with Gasteiger partial charge in [-0.15, -0.1) is 0 Å². The van der Waals surface area contributed by atoms with Crippen molar-refractivity contribution >= 4 is 0 Å². The minimum absolute atomic E-state index is 1.18. The van der Waals surface area contributed by atoms with Gasteiger partial charge in [0.05, 0.1) is 0 Å². The molecule has 0 radical (unpaired) electrons. The molecule has 4 fully saturated rings. The van der Waals surface area contributed by atoms with Crippen molar-refractivity contribution in [1.82, 2.24) is 0 Å². The van der Waals surface area contributed by atoms with E-state index in [1.807, 2.05) is 0 Å². The Morgan fingerprint density at radius 2 is 0.769 bits per heavy atom. The van der Waals surface area contributed by atoms with Crippen LogP contribution in [0.3, 0.4) is 0 Å². The summed E-state index contributed by atoms with van der Waals surface area (Å²) in [6.07, 6.45) is 10.9. The SMILES string of the molecule is C1C2CC3CC1CC(C2)C3.CCC. The van der Waals surface area contributed by atoms with Gasteiger partial charge in [0.2, 0.25) is 0 Å². The van der Waals surface area contributed by atoms with E-state index in [4.69, 9.17) is 0 Å². The summed E-state index contributed by atoms with van der Waals surface area (Å²) >= 11 is 0. The second kappa shape index (κ2) is 4.02. The molecular formula is C13H24. The lowest BCUT2D eigenvalue weighted by molar-refractivity contribution is 0.0198. The van der Waals surface area contributed by atoms with E-state index < -0.39 is 0 Å². The van der Waals surface area contributed by atoms with Gasteiger partial charge in [-0.3, -0.25) is 0 Å². The van der Waals surface area contributed by atoms with Crippen LogP contribution < -0.4 is 0 Å². The molecule has 0 heterocycles. The Morgan fingerprint density at radius 1 is 0.615 bits per heavy atom.